The van der Waals surface area contributed by atoms with Crippen molar-refractivity contribution in [2.24, 2.45) is 7.05 Å². The van der Waals surface area contributed by atoms with Gasteiger partial charge in [0.15, 0.2) is 5.69 Å². The molecule has 2 aliphatic rings. The van der Waals surface area contributed by atoms with Crippen LogP contribution in [0.15, 0.2) is 15.7 Å². The standard InChI is InChI=1S/C14H15BrN4O4S/c1-5-4-24-13-9(12(21)19(13)10(5)14(22)23)16-11(20)8-7(15)6(2)18(3)17-8/h9,13H,4H2,1-3H3,(H,16,20)(H,22,23). The molecule has 0 aromatic carbocycles. The molecule has 24 heavy (non-hydrogen) atoms. The molecule has 1 aromatic heterocycles. The molecule has 2 N–H and O–H groups in total. The minimum atomic E-state index is -1.13. The van der Waals surface area contributed by atoms with Crippen molar-refractivity contribution in [1.82, 2.24) is 20.0 Å². The summed E-state index contributed by atoms with van der Waals surface area (Å²) in [5.41, 5.74) is 1.65. The minimum absolute atomic E-state index is 0.0177. The molecule has 1 aromatic rings. The Morgan fingerprint density at radius 3 is 2.62 bits per heavy atom. The van der Waals surface area contributed by atoms with Gasteiger partial charge in [0.2, 0.25) is 0 Å². The number of aromatic nitrogens is 2. The number of halogens is 1. The topological polar surface area (TPSA) is 105 Å². The second-order valence-electron chi connectivity index (χ2n) is 5.67. The Morgan fingerprint density at radius 1 is 1.42 bits per heavy atom. The van der Waals surface area contributed by atoms with Gasteiger partial charge in [0.05, 0.1) is 10.2 Å². The van der Waals surface area contributed by atoms with Crippen molar-refractivity contribution in [2.75, 3.05) is 5.75 Å². The van der Waals surface area contributed by atoms with E-state index in [-0.39, 0.29) is 11.4 Å². The number of rotatable bonds is 3. The lowest BCUT2D eigenvalue weighted by Crippen LogP contribution is -2.70. The maximum atomic E-state index is 12.4. The predicted octanol–water partition coefficient (Wildman–Crippen LogP) is 0.863. The summed E-state index contributed by atoms with van der Waals surface area (Å²) in [6.07, 6.45) is 0. The van der Waals surface area contributed by atoms with Crippen molar-refractivity contribution in [1.29, 1.82) is 0 Å². The van der Waals surface area contributed by atoms with Crippen LogP contribution in [-0.4, -0.2) is 54.7 Å². The summed E-state index contributed by atoms with van der Waals surface area (Å²) in [5.74, 6) is -1.50. The summed E-state index contributed by atoms with van der Waals surface area (Å²) >= 11 is 4.76. The zero-order chi connectivity index (χ0) is 17.8. The molecule has 8 nitrogen and oxygen atoms in total. The number of nitrogens with one attached hydrogen (secondary N) is 1. The molecular weight excluding hydrogens is 400 g/mol. The Hall–Kier alpha value is -1.81. The van der Waals surface area contributed by atoms with Gasteiger partial charge >= 0.3 is 5.97 Å². The number of thioether (sulfide) groups is 1. The third kappa shape index (κ3) is 2.44. The van der Waals surface area contributed by atoms with E-state index in [0.29, 0.717) is 15.8 Å². The Bertz CT molecular complexity index is 803. The number of hydrogen-bond donors (Lipinski definition) is 2. The van der Waals surface area contributed by atoms with Gasteiger partial charge in [-0.05, 0) is 35.4 Å². The maximum Gasteiger partial charge on any atom is 0.352 e. The van der Waals surface area contributed by atoms with E-state index in [9.17, 15) is 19.5 Å². The lowest BCUT2D eigenvalue weighted by Gasteiger charge is -2.49. The lowest BCUT2D eigenvalue weighted by atomic mass is 10.0. The molecule has 1 fully saturated rings. The highest BCUT2D eigenvalue weighted by Gasteiger charge is 2.53. The summed E-state index contributed by atoms with van der Waals surface area (Å²) in [6.45, 7) is 3.51. The SMILES string of the molecule is CC1=C(C(=O)O)N2C(=O)C(NC(=O)c3nn(C)c(C)c3Br)C2SC1. The van der Waals surface area contributed by atoms with Gasteiger partial charge in [0.25, 0.3) is 11.8 Å². The summed E-state index contributed by atoms with van der Waals surface area (Å²) in [7, 11) is 1.72. The third-order valence-electron chi connectivity index (χ3n) is 4.12. The van der Waals surface area contributed by atoms with Gasteiger partial charge < -0.3 is 10.4 Å². The van der Waals surface area contributed by atoms with Crippen molar-refractivity contribution in [3.63, 3.8) is 0 Å². The van der Waals surface area contributed by atoms with E-state index in [2.05, 4.69) is 26.3 Å². The first-order valence-electron chi connectivity index (χ1n) is 7.11. The third-order valence-corrected chi connectivity index (χ3v) is 6.50. The van der Waals surface area contributed by atoms with Gasteiger partial charge in [0, 0.05) is 12.8 Å². The van der Waals surface area contributed by atoms with E-state index < -0.39 is 29.2 Å². The van der Waals surface area contributed by atoms with Crippen molar-refractivity contribution in [3.8, 4) is 0 Å². The molecule has 1 saturated heterocycles. The van der Waals surface area contributed by atoms with Gasteiger partial charge in [-0.3, -0.25) is 19.2 Å². The van der Waals surface area contributed by atoms with Crippen LogP contribution < -0.4 is 5.32 Å². The van der Waals surface area contributed by atoms with E-state index >= 15 is 0 Å². The van der Waals surface area contributed by atoms with E-state index in [4.69, 9.17) is 0 Å². The van der Waals surface area contributed by atoms with E-state index in [1.807, 2.05) is 6.92 Å². The first kappa shape index (κ1) is 17.0. The monoisotopic (exact) mass is 414 g/mol. The fourth-order valence-corrected chi connectivity index (χ4v) is 4.52. The number of carbonyl (C=O) groups excluding carboxylic acids is 2. The van der Waals surface area contributed by atoms with Crippen molar-refractivity contribution < 1.29 is 19.5 Å². The number of carbonyl (C=O) groups is 3. The number of aryl methyl sites for hydroxylation is 1. The van der Waals surface area contributed by atoms with Crippen LogP contribution in [0.5, 0.6) is 0 Å². The molecule has 0 bridgehead atoms. The van der Waals surface area contributed by atoms with E-state index in [0.717, 1.165) is 5.69 Å². The summed E-state index contributed by atoms with van der Waals surface area (Å²) < 4.78 is 2.14. The Kier molecular flexibility index (Phi) is 4.20. The number of carboxylic acids is 1. The van der Waals surface area contributed by atoms with Crippen LogP contribution in [0.25, 0.3) is 0 Å². The number of β-lactam (4-membered cyclic amide) rings is 1. The first-order chi connectivity index (χ1) is 11.2. The molecule has 10 heteroatoms. The highest BCUT2D eigenvalue weighted by molar-refractivity contribution is 9.10. The highest BCUT2D eigenvalue weighted by Crippen LogP contribution is 2.40. The average Bonchev–Trinajstić information content (AvgIpc) is 2.79. The van der Waals surface area contributed by atoms with Crippen molar-refractivity contribution in [2.45, 2.75) is 25.3 Å². The van der Waals surface area contributed by atoms with Gasteiger partial charge in [-0.15, -0.1) is 11.8 Å². The second kappa shape index (κ2) is 5.92. The fourth-order valence-electron chi connectivity index (χ4n) is 2.71. The highest BCUT2D eigenvalue weighted by atomic mass is 79.9. The molecule has 2 unspecified atom stereocenters. The number of carboxylic acid groups (broad SMARTS) is 1. The Labute approximate surface area is 150 Å². The first-order valence-corrected chi connectivity index (χ1v) is 8.96. The summed E-state index contributed by atoms with van der Waals surface area (Å²) in [4.78, 5) is 37.4. The quantitative estimate of drug-likeness (QED) is 0.710. The van der Waals surface area contributed by atoms with Crippen molar-refractivity contribution in [3.05, 3.63) is 27.1 Å². The number of hydrogen-bond acceptors (Lipinski definition) is 5. The Morgan fingerprint density at radius 2 is 2.08 bits per heavy atom. The zero-order valence-corrected chi connectivity index (χ0v) is 15.6. The number of amides is 2. The van der Waals surface area contributed by atoms with Crippen LogP contribution in [0.4, 0.5) is 0 Å². The minimum Gasteiger partial charge on any atom is -0.477 e. The van der Waals surface area contributed by atoms with Crippen LogP contribution in [-0.2, 0) is 16.6 Å². The largest absolute Gasteiger partial charge is 0.477 e. The molecule has 128 valence electrons. The lowest BCUT2D eigenvalue weighted by molar-refractivity contribution is -0.148. The van der Waals surface area contributed by atoms with Crippen LogP contribution in [0.1, 0.15) is 23.1 Å². The Balaban J connectivity index is 1.79. The van der Waals surface area contributed by atoms with Crippen molar-refractivity contribution >= 4 is 45.5 Å². The molecule has 2 aliphatic heterocycles. The molecule has 0 saturated carbocycles. The smallest absolute Gasteiger partial charge is 0.352 e. The van der Waals surface area contributed by atoms with Gasteiger partial charge in [-0.2, -0.15) is 5.10 Å². The average molecular weight is 415 g/mol. The van der Waals surface area contributed by atoms with E-state index in [1.165, 1.54) is 16.7 Å². The van der Waals surface area contributed by atoms with Crippen LogP contribution in [0.2, 0.25) is 0 Å². The molecule has 3 rings (SSSR count). The number of nitrogens with zero attached hydrogens (tertiary/aromatic N) is 3. The fraction of sp³-hybridized carbons (Fsp3) is 0.429. The molecule has 0 aliphatic carbocycles. The van der Waals surface area contributed by atoms with Gasteiger partial charge in [-0.1, -0.05) is 0 Å². The molecule has 0 radical (unpaired) electrons. The molecular formula is C14H15BrN4O4S. The van der Waals surface area contributed by atoms with Crippen LogP contribution in [0.3, 0.4) is 0 Å². The maximum absolute atomic E-state index is 12.4. The van der Waals surface area contributed by atoms with Crippen LogP contribution in [0, 0.1) is 6.92 Å². The van der Waals surface area contributed by atoms with Crippen LogP contribution >= 0.6 is 27.7 Å². The van der Waals surface area contributed by atoms with E-state index in [1.54, 1.807) is 18.7 Å². The number of aliphatic carboxylic acids is 1. The molecule has 3 heterocycles. The molecule has 0 spiro atoms. The predicted molar refractivity (Wildman–Crippen MR) is 90.3 cm³/mol. The second-order valence-corrected chi connectivity index (χ2v) is 7.56. The summed E-state index contributed by atoms with van der Waals surface area (Å²) in [5, 5.41) is 15.7. The van der Waals surface area contributed by atoms with Gasteiger partial charge in [-0.25, -0.2) is 4.79 Å². The molecule has 2 atom stereocenters. The molecule has 2 amide bonds. The number of fused-ring (bicyclic) bond motifs is 1. The summed E-state index contributed by atoms with van der Waals surface area (Å²) in [6, 6.07) is -0.751. The van der Waals surface area contributed by atoms with Gasteiger partial charge in [0.1, 0.15) is 17.1 Å². The zero-order valence-electron chi connectivity index (χ0n) is 13.2. The normalized spacial score (nSPS) is 23.0.